The van der Waals surface area contributed by atoms with Gasteiger partial charge in [0.1, 0.15) is 5.76 Å². The summed E-state index contributed by atoms with van der Waals surface area (Å²) in [7, 11) is 0. The van der Waals surface area contributed by atoms with Crippen molar-refractivity contribution in [1.29, 1.82) is 0 Å². The van der Waals surface area contributed by atoms with E-state index in [1.54, 1.807) is 0 Å². The van der Waals surface area contributed by atoms with Crippen molar-refractivity contribution in [2.75, 3.05) is 26.4 Å². The normalized spacial score (nSPS) is 28.1. The van der Waals surface area contributed by atoms with Crippen LogP contribution in [0.4, 0.5) is 0 Å². The van der Waals surface area contributed by atoms with Crippen molar-refractivity contribution < 1.29 is 9.47 Å². The zero-order chi connectivity index (χ0) is 11.2. The highest BCUT2D eigenvalue weighted by atomic mass is 16.5. The summed E-state index contributed by atoms with van der Waals surface area (Å²) in [6.45, 7) is 5.82. The Bertz CT molecular complexity index is 234. The van der Waals surface area contributed by atoms with Crippen LogP contribution in [0, 0.1) is 5.92 Å². The summed E-state index contributed by atoms with van der Waals surface area (Å²) < 4.78 is 11.4. The maximum absolute atomic E-state index is 5.79. The molecule has 1 saturated heterocycles. The van der Waals surface area contributed by atoms with E-state index in [4.69, 9.17) is 9.47 Å². The fraction of sp³-hybridized carbons (Fsp3) is 0.846. The van der Waals surface area contributed by atoms with Gasteiger partial charge in [-0.25, -0.2) is 0 Å². The van der Waals surface area contributed by atoms with Crippen LogP contribution in [0.5, 0.6) is 0 Å². The first kappa shape index (κ1) is 11.9. The van der Waals surface area contributed by atoms with Crippen LogP contribution in [0.15, 0.2) is 11.8 Å². The van der Waals surface area contributed by atoms with Crippen molar-refractivity contribution in [3.63, 3.8) is 0 Å². The van der Waals surface area contributed by atoms with Crippen molar-refractivity contribution in [2.24, 2.45) is 5.92 Å². The summed E-state index contributed by atoms with van der Waals surface area (Å²) in [6.07, 6.45) is 7.00. The summed E-state index contributed by atoms with van der Waals surface area (Å²) in [5, 5.41) is 3.55. The van der Waals surface area contributed by atoms with E-state index in [0.29, 0.717) is 12.0 Å². The van der Waals surface area contributed by atoms with Gasteiger partial charge < -0.3 is 14.8 Å². The molecule has 2 unspecified atom stereocenters. The first-order valence-electron chi connectivity index (χ1n) is 6.55. The maximum Gasteiger partial charge on any atom is 0.109 e. The van der Waals surface area contributed by atoms with E-state index in [2.05, 4.69) is 18.3 Å². The second kappa shape index (κ2) is 6.26. The average Bonchev–Trinajstić information content (AvgIpc) is 2.38. The van der Waals surface area contributed by atoms with Crippen LogP contribution in [-0.4, -0.2) is 32.4 Å². The molecule has 0 saturated carbocycles. The lowest BCUT2D eigenvalue weighted by molar-refractivity contribution is 0.0318. The summed E-state index contributed by atoms with van der Waals surface area (Å²) >= 11 is 0. The molecule has 2 aliphatic rings. The molecule has 0 amide bonds. The van der Waals surface area contributed by atoms with Crippen molar-refractivity contribution in [1.82, 2.24) is 5.32 Å². The lowest BCUT2D eigenvalue weighted by Gasteiger charge is -2.33. The minimum atomic E-state index is 0.366. The molecular formula is C13H23NO2. The molecule has 1 N–H and O–H groups in total. The van der Waals surface area contributed by atoms with Gasteiger partial charge in [-0.15, -0.1) is 0 Å². The number of likely N-dealkylation sites (N-methyl/N-ethyl adjacent to an activating group) is 1. The van der Waals surface area contributed by atoms with Gasteiger partial charge in [-0.1, -0.05) is 6.92 Å². The van der Waals surface area contributed by atoms with Crippen LogP contribution in [-0.2, 0) is 9.47 Å². The van der Waals surface area contributed by atoms with Gasteiger partial charge >= 0.3 is 0 Å². The van der Waals surface area contributed by atoms with Gasteiger partial charge in [0.15, 0.2) is 0 Å². The molecule has 0 radical (unpaired) electrons. The predicted octanol–water partition coefficient (Wildman–Crippen LogP) is 2.09. The summed E-state index contributed by atoms with van der Waals surface area (Å²) in [6, 6.07) is 0.366. The molecule has 92 valence electrons. The Balaban J connectivity index is 1.99. The number of rotatable bonds is 4. The molecule has 2 atom stereocenters. The van der Waals surface area contributed by atoms with E-state index in [0.717, 1.165) is 45.0 Å². The van der Waals surface area contributed by atoms with Crippen LogP contribution >= 0.6 is 0 Å². The molecule has 1 fully saturated rings. The average molecular weight is 225 g/mol. The number of allylic oxidation sites excluding steroid dienone is 1. The third-order valence-electron chi connectivity index (χ3n) is 3.36. The predicted molar refractivity (Wildman–Crippen MR) is 64.3 cm³/mol. The molecule has 3 nitrogen and oxygen atoms in total. The smallest absolute Gasteiger partial charge is 0.109 e. The number of hydrogen-bond acceptors (Lipinski definition) is 3. The zero-order valence-corrected chi connectivity index (χ0v) is 10.2. The van der Waals surface area contributed by atoms with Crippen molar-refractivity contribution in [2.45, 2.75) is 38.6 Å². The largest absolute Gasteiger partial charge is 0.497 e. The number of nitrogens with one attached hydrogen (secondary N) is 1. The minimum Gasteiger partial charge on any atom is -0.497 e. The van der Waals surface area contributed by atoms with E-state index in [9.17, 15) is 0 Å². The van der Waals surface area contributed by atoms with Crippen LogP contribution in [0.1, 0.15) is 32.6 Å². The Morgan fingerprint density at radius 1 is 1.44 bits per heavy atom. The monoisotopic (exact) mass is 225 g/mol. The standard InChI is InChI=1S/C13H23NO2/c1-2-14-13(11-6-5-8-15-10-11)12-7-3-4-9-16-12/h7,11,13-14H,2-6,8-10H2,1H3. The van der Waals surface area contributed by atoms with Crippen LogP contribution in [0.3, 0.4) is 0 Å². The van der Waals surface area contributed by atoms with Crippen LogP contribution in [0.2, 0.25) is 0 Å². The Morgan fingerprint density at radius 3 is 3.00 bits per heavy atom. The third kappa shape index (κ3) is 2.98. The third-order valence-corrected chi connectivity index (χ3v) is 3.36. The molecule has 0 aromatic carbocycles. The molecule has 2 heterocycles. The number of ether oxygens (including phenoxy) is 2. The van der Waals surface area contributed by atoms with Gasteiger partial charge in [0.2, 0.25) is 0 Å². The van der Waals surface area contributed by atoms with Crippen molar-refractivity contribution in [3.8, 4) is 0 Å². The zero-order valence-electron chi connectivity index (χ0n) is 10.2. The highest BCUT2D eigenvalue weighted by molar-refractivity contribution is 5.08. The topological polar surface area (TPSA) is 30.5 Å². The van der Waals surface area contributed by atoms with E-state index < -0.39 is 0 Å². The molecule has 16 heavy (non-hydrogen) atoms. The second-order valence-corrected chi connectivity index (χ2v) is 4.61. The first-order valence-corrected chi connectivity index (χ1v) is 6.55. The first-order chi connectivity index (χ1) is 7.92. The Morgan fingerprint density at radius 2 is 2.38 bits per heavy atom. The molecule has 0 aromatic heterocycles. The number of hydrogen-bond donors (Lipinski definition) is 1. The van der Waals surface area contributed by atoms with Crippen LogP contribution in [0.25, 0.3) is 0 Å². The maximum atomic E-state index is 5.79. The van der Waals surface area contributed by atoms with E-state index in [1.807, 2.05) is 0 Å². The van der Waals surface area contributed by atoms with Gasteiger partial charge in [0.05, 0.1) is 19.3 Å². The summed E-state index contributed by atoms with van der Waals surface area (Å²) in [5.74, 6) is 1.74. The highest BCUT2D eigenvalue weighted by Gasteiger charge is 2.28. The van der Waals surface area contributed by atoms with Gasteiger partial charge in [0.25, 0.3) is 0 Å². The van der Waals surface area contributed by atoms with Crippen LogP contribution < -0.4 is 5.32 Å². The molecule has 3 heteroatoms. The molecule has 0 spiro atoms. The van der Waals surface area contributed by atoms with Gasteiger partial charge in [0, 0.05) is 12.5 Å². The van der Waals surface area contributed by atoms with E-state index in [1.165, 1.54) is 12.8 Å². The quantitative estimate of drug-likeness (QED) is 0.794. The molecule has 0 aliphatic carbocycles. The molecule has 2 aliphatic heterocycles. The Labute approximate surface area is 98.2 Å². The second-order valence-electron chi connectivity index (χ2n) is 4.61. The summed E-state index contributed by atoms with van der Waals surface area (Å²) in [4.78, 5) is 0. The molecule has 0 bridgehead atoms. The van der Waals surface area contributed by atoms with Crippen molar-refractivity contribution >= 4 is 0 Å². The van der Waals surface area contributed by atoms with Gasteiger partial charge in [-0.05, 0) is 38.3 Å². The van der Waals surface area contributed by atoms with E-state index >= 15 is 0 Å². The lowest BCUT2D eigenvalue weighted by atomic mass is 9.91. The fourth-order valence-corrected chi connectivity index (χ4v) is 2.54. The minimum absolute atomic E-state index is 0.366. The Hall–Kier alpha value is -0.540. The lowest BCUT2D eigenvalue weighted by Crippen LogP contribution is -2.42. The van der Waals surface area contributed by atoms with Crippen molar-refractivity contribution in [3.05, 3.63) is 11.8 Å². The SMILES string of the molecule is CCNC(C1=CCCCO1)C1CCCOC1. The Kier molecular flexibility index (Phi) is 4.67. The fourth-order valence-electron chi connectivity index (χ4n) is 2.54. The van der Waals surface area contributed by atoms with E-state index in [-0.39, 0.29) is 0 Å². The molecular weight excluding hydrogens is 202 g/mol. The molecule has 0 aromatic rings. The summed E-state index contributed by atoms with van der Waals surface area (Å²) in [5.41, 5.74) is 0. The van der Waals surface area contributed by atoms with Gasteiger partial charge in [-0.2, -0.15) is 0 Å². The van der Waals surface area contributed by atoms with Gasteiger partial charge in [-0.3, -0.25) is 0 Å². The molecule has 2 rings (SSSR count). The highest BCUT2D eigenvalue weighted by Crippen LogP contribution is 2.25.